The van der Waals surface area contributed by atoms with Gasteiger partial charge in [-0.25, -0.2) is 0 Å². The molecular weight excluding hydrogens is 284 g/mol. The first-order valence-electron chi connectivity index (χ1n) is 7.32. The monoisotopic (exact) mass is 306 g/mol. The Morgan fingerprint density at radius 1 is 1.38 bits per heavy atom. The average Bonchev–Trinajstić information content (AvgIpc) is 2.66. The van der Waals surface area contributed by atoms with E-state index in [1.165, 1.54) is 0 Å². The molecule has 1 N–H and O–H groups in total. The number of benzene rings is 1. The summed E-state index contributed by atoms with van der Waals surface area (Å²) in [6, 6.07) is 7.42. The van der Waals surface area contributed by atoms with Crippen LogP contribution in [0.5, 0.6) is 0 Å². The van der Waals surface area contributed by atoms with E-state index in [-0.39, 0.29) is 17.7 Å². The topological polar surface area (TPSA) is 49.4 Å². The van der Waals surface area contributed by atoms with E-state index in [0.717, 1.165) is 17.0 Å². The highest BCUT2D eigenvalue weighted by Gasteiger charge is 2.34. The summed E-state index contributed by atoms with van der Waals surface area (Å²) in [5.74, 6) is 0.0815. The van der Waals surface area contributed by atoms with Gasteiger partial charge in [0.25, 0.3) is 0 Å². The summed E-state index contributed by atoms with van der Waals surface area (Å²) in [6.07, 6.45) is 3.20. The normalized spacial score (nSPS) is 20.9. The van der Waals surface area contributed by atoms with Crippen molar-refractivity contribution in [2.75, 3.05) is 17.7 Å². The van der Waals surface area contributed by atoms with Crippen molar-refractivity contribution in [3.05, 3.63) is 24.3 Å². The maximum Gasteiger partial charge on any atom is 0.249 e. The van der Waals surface area contributed by atoms with Gasteiger partial charge in [-0.05, 0) is 24.3 Å². The highest BCUT2D eigenvalue weighted by atomic mass is 32.2. The van der Waals surface area contributed by atoms with Crippen LogP contribution in [0.4, 0.5) is 5.69 Å². The van der Waals surface area contributed by atoms with Gasteiger partial charge in [-0.2, -0.15) is 0 Å². The van der Waals surface area contributed by atoms with Gasteiger partial charge < -0.3 is 10.2 Å². The summed E-state index contributed by atoms with van der Waals surface area (Å²) in [6.45, 7) is 4.48. The summed E-state index contributed by atoms with van der Waals surface area (Å²) >= 11 is 1.61. The van der Waals surface area contributed by atoms with Gasteiger partial charge in [0.2, 0.25) is 11.8 Å². The lowest BCUT2D eigenvalue weighted by Crippen LogP contribution is -2.48. The molecule has 2 amide bonds. The fraction of sp³-hybridized carbons (Fsp3) is 0.500. The van der Waals surface area contributed by atoms with Crippen molar-refractivity contribution in [2.24, 2.45) is 5.92 Å². The lowest BCUT2D eigenvalue weighted by Gasteiger charge is -2.28. The SMILES string of the molecule is CCC(C)C1NC(=O)CCN(c2ccccc2SC)C1=O. The van der Waals surface area contributed by atoms with Crippen molar-refractivity contribution in [1.82, 2.24) is 5.32 Å². The molecule has 1 heterocycles. The Morgan fingerprint density at radius 3 is 2.76 bits per heavy atom. The average molecular weight is 306 g/mol. The second-order valence-corrected chi connectivity index (χ2v) is 6.19. The molecule has 1 fully saturated rings. The van der Waals surface area contributed by atoms with Crippen LogP contribution in [-0.4, -0.2) is 30.7 Å². The lowest BCUT2D eigenvalue weighted by molar-refractivity contribution is -0.126. The Balaban J connectivity index is 2.37. The summed E-state index contributed by atoms with van der Waals surface area (Å²) in [5, 5.41) is 2.88. The van der Waals surface area contributed by atoms with E-state index in [0.29, 0.717) is 13.0 Å². The molecule has 1 aromatic rings. The van der Waals surface area contributed by atoms with E-state index in [1.54, 1.807) is 16.7 Å². The zero-order valence-corrected chi connectivity index (χ0v) is 13.6. The summed E-state index contributed by atoms with van der Waals surface area (Å²) in [4.78, 5) is 27.6. The second-order valence-electron chi connectivity index (χ2n) is 5.34. The quantitative estimate of drug-likeness (QED) is 0.870. The predicted octanol–water partition coefficient (Wildman–Crippen LogP) is 2.68. The molecule has 1 aromatic carbocycles. The third-order valence-electron chi connectivity index (χ3n) is 4.00. The third-order valence-corrected chi connectivity index (χ3v) is 4.79. The predicted molar refractivity (Wildman–Crippen MR) is 86.6 cm³/mol. The molecule has 5 heteroatoms. The first-order valence-corrected chi connectivity index (χ1v) is 8.54. The van der Waals surface area contributed by atoms with Crippen molar-refractivity contribution in [2.45, 2.75) is 37.6 Å². The van der Waals surface area contributed by atoms with Crippen LogP contribution in [0, 0.1) is 5.92 Å². The summed E-state index contributed by atoms with van der Waals surface area (Å²) in [7, 11) is 0. The highest BCUT2D eigenvalue weighted by Crippen LogP contribution is 2.30. The molecule has 2 unspecified atom stereocenters. The van der Waals surface area contributed by atoms with E-state index in [1.807, 2.05) is 44.4 Å². The van der Waals surface area contributed by atoms with E-state index in [2.05, 4.69) is 5.32 Å². The van der Waals surface area contributed by atoms with Gasteiger partial charge in [-0.15, -0.1) is 11.8 Å². The van der Waals surface area contributed by atoms with Crippen LogP contribution in [0.25, 0.3) is 0 Å². The minimum absolute atomic E-state index is 0.00306. The van der Waals surface area contributed by atoms with Gasteiger partial charge in [0.1, 0.15) is 6.04 Å². The van der Waals surface area contributed by atoms with Crippen molar-refractivity contribution in [1.29, 1.82) is 0 Å². The van der Waals surface area contributed by atoms with Crippen LogP contribution in [0.2, 0.25) is 0 Å². The van der Waals surface area contributed by atoms with Crippen LogP contribution in [0.1, 0.15) is 26.7 Å². The van der Waals surface area contributed by atoms with Crippen LogP contribution < -0.4 is 10.2 Å². The molecule has 114 valence electrons. The summed E-state index contributed by atoms with van der Waals surface area (Å²) in [5.41, 5.74) is 0.903. The van der Waals surface area contributed by atoms with Gasteiger partial charge in [-0.1, -0.05) is 32.4 Å². The summed E-state index contributed by atoms with van der Waals surface area (Å²) < 4.78 is 0. The molecule has 1 aliphatic heterocycles. The first kappa shape index (κ1) is 15.9. The zero-order valence-electron chi connectivity index (χ0n) is 12.8. The number of thioether (sulfide) groups is 1. The van der Waals surface area contributed by atoms with Crippen molar-refractivity contribution in [3.63, 3.8) is 0 Å². The highest BCUT2D eigenvalue weighted by molar-refractivity contribution is 7.98. The molecule has 2 atom stereocenters. The van der Waals surface area contributed by atoms with Gasteiger partial charge in [0.05, 0.1) is 5.69 Å². The number of nitrogens with zero attached hydrogens (tertiary/aromatic N) is 1. The van der Waals surface area contributed by atoms with Crippen LogP contribution in [0.3, 0.4) is 0 Å². The van der Waals surface area contributed by atoms with Crippen molar-refractivity contribution < 1.29 is 9.59 Å². The molecular formula is C16H22N2O2S. The fourth-order valence-corrected chi connectivity index (χ4v) is 3.11. The van der Waals surface area contributed by atoms with Crippen LogP contribution in [0.15, 0.2) is 29.2 Å². The van der Waals surface area contributed by atoms with Gasteiger partial charge >= 0.3 is 0 Å². The Labute approximate surface area is 130 Å². The number of hydrogen-bond donors (Lipinski definition) is 1. The number of carbonyl (C=O) groups is 2. The first-order chi connectivity index (χ1) is 10.1. The molecule has 21 heavy (non-hydrogen) atoms. The van der Waals surface area contributed by atoms with Gasteiger partial charge in [-0.3, -0.25) is 9.59 Å². The van der Waals surface area contributed by atoms with Crippen molar-refractivity contribution >= 4 is 29.3 Å². The molecule has 4 nitrogen and oxygen atoms in total. The van der Waals surface area contributed by atoms with E-state index < -0.39 is 6.04 Å². The minimum atomic E-state index is -0.431. The molecule has 1 aliphatic rings. The number of hydrogen-bond acceptors (Lipinski definition) is 3. The number of rotatable bonds is 4. The maximum absolute atomic E-state index is 12.9. The molecule has 2 rings (SSSR count). The third kappa shape index (κ3) is 3.40. The molecule has 1 saturated heterocycles. The largest absolute Gasteiger partial charge is 0.344 e. The number of anilines is 1. The Kier molecular flexibility index (Phi) is 5.28. The second kappa shape index (κ2) is 6.98. The van der Waals surface area contributed by atoms with Crippen LogP contribution in [-0.2, 0) is 9.59 Å². The van der Waals surface area contributed by atoms with Gasteiger partial charge in [0.15, 0.2) is 0 Å². The molecule has 0 spiro atoms. The Bertz CT molecular complexity index is 533. The molecule has 0 saturated carbocycles. The molecule has 0 bridgehead atoms. The molecule has 0 aliphatic carbocycles. The van der Waals surface area contributed by atoms with Crippen molar-refractivity contribution in [3.8, 4) is 0 Å². The Morgan fingerprint density at radius 2 is 2.10 bits per heavy atom. The number of carbonyl (C=O) groups excluding carboxylic acids is 2. The van der Waals surface area contributed by atoms with E-state index >= 15 is 0 Å². The fourth-order valence-electron chi connectivity index (χ4n) is 2.51. The Hall–Kier alpha value is -1.49. The van der Waals surface area contributed by atoms with E-state index in [9.17, 15) is 9.59 Å². The maximum atomic E-state index is 12.9. The standard InChI is InChI=1S/C16H22N2O2S/c1-4-11(2)15-16(20)18(10-9-14(19)17-15)12-7-5-6-8-13(12)21-3/h5-8,11,15H,4,9-10H2,1-3H3,(H,17,19). The van der Waals surface area contributed by atoms with E-state index in [4.69, 9.17) is 0 Å². The minimum Gasteiger partial charge on any atom is -0.344 e. The van der Waals surface area contributed by atoms with Gasteiger partial charge in [0, 0.05) is 17.9 Å². The zero-order chi connectivity index (χ0) is 15.4. The number of nitrogens with one attached hydrogen (secondary N) is 1. The van der Waals surface area contributed by atoms with Crippen LogP contribution >= 0.6 is 11.8 Å². The number of para-hydroxylation sites is 1. The smallest absolute Gasteiger partial charge is 0.249 e. The molecule has 0 aromatic heterocycles. The molecule has 0 radical (unpaired) electrons. The lowest BCUT2D eigenvalue weighted by atomic mass is 9.98. The number of amides is 2.